The van der Waals surface area contributed by atoms with E-state index in [-0.39, 0.29) is 11.3 Å². The van der Waals surface area contributed by atoms with Crippen LogP contribution in [0.15, 0.2) is 42.5 Å². The molecule has 0 unspecified atom stereocenters. The van der Waals surface area contributed by atoms with Crippen LogP contribution >= 0.6 is 0 Å². The predicted molar refractivity (Wildman–Crippen MR) is 88.2 cm³/mol. The maximum absolute atomic E-state index is 12.7. The summed E-state index contributed by atoms with van der Waals surface area (Å²) in [5.41, 5.74) is -0.519. The van der Waals surface area contributed by atoms with Crippen molar-refractivity contribution in [3.8, 4) is 11.5 Å². The molecular formula is C18H18F3NO3. The lowest BCUT2D eigenvalue weighted by Crippen LogP contribution is -2.13. The molecular weight excluding hydrogens is 335 g/mol. The van der Waals surface area contributed by atoms with E-state index in [0.717, 1.165) is 18.6 Å². The van der Waals surface area contributed by atoms with Crippen molar-refractivity contribution in [2.45, 2.75) is 19.5 Å². The number of carbonyl (C=O) groups is 1. The van der Waals surface area contributed by atoms with Gasteiger partial charge in [0.1, 0.15) is 0 Å². The average molecular weight is 353 g/mol. The first-order valence-electron chi connectivity index (χ1n) is 7.64. The molecule has 0 bridgehead atoms. The molecule has 7 heteroatoms. The second-order valence-corrected chi connectivity index (χ2v) is 5.25. The number of anilines is 1. The van der Waals surface area contributed by atoms with Crippen LogP contribution < -0.4 is 14.8 Å². The van der Waals surface area contributed by atoms with E-state index in [0.29, 0.717) is 18.1 Å². The molecule has 0 aliphatic heterocycles. The van der Waals surface area contributed by atoms with Crippen LogP contribution in [-0.4, -0.2) is 19.6 Å². The largest absolute Gasteiger partial charge is 0.493 e. The van der Waals surface area contributed by atoms with E-state index >= 15 is 0 Å². The lowest BCUT2D eigenvalue weighted by molar-refractivity contribution is -0.137. The number of alkyl halides is 3. The van der Waals surface area contributed by atoms with Crippen LogP contribution in [0.5, 0.6) is 11.5 Å². The summed E-state index contributed by atoms with van der Waals surface area (Å²) < 4.78 is 48.9. The Hall–Kier alpha value is -2.70. The number of ether oxygens (including phenoxy) is 2. The molecule has 0 aromatic heterocycles. The second-order valence-electron chi connectivity index (χ2n) is 5.25. The fourth-order valence-corrected chi connectivity index (χ4v) is 2.12. The lowest BCUT2D eigenvalue weighted by atomic mass is 10.1. The normalized spacial score (nSPS) is 11.1. The minimum absolute atomic E-state index is 0.0603. The molecule has 0 fully saturated rings. The van der Waals surface area contributed by atoms with Crippen molar-refractivity contribution in [1.29, 1.82) is 0 Å². The van der Waals surface area contributed by atoms with Crippen LogP contribution in [0.3, 0.4) is 0 Å². The number of amides is 1. The third-order valence-electron chi connectivity index (χ3n) is 3.34. The van der Waals surface area contributed by atoms with Crippen LogP contribution in [0.1, 0.15) is 29.3 Å². The number of methoxy groups -OCH3 is 1. The predicted octanol–water partition coefficient (Wildman–Crippen LogP) is 4.76. The van der Waals surface area contributed by atoms with Crippen molar-refractivity contribution in [3.05, 3.63) is 53.6 Å². The summed E-state index contributed by atoms with van der Waals surface area (Å²) in [6.07, 6.45) is -3.65. The van der Waals surface area contributed by atoms with Gasteiger partial charge >= 0.3 is 6.18 Å². The molecule has 2 aromatic carbocycles. The number of hydrogen-bond donors (Lipinski definition) is 1. The van der Waals surface area contributed by atoms with E-state index in [1.165, 1.54) is 31.4 Å². The number of benzene rings is 2. The van der Waals surface area contributed by atoms with Crippen LogP contribution in [0.2, 0.25) is 0 Å². The van der Waals surface area contributed by atoms with Gasteiger partial charge in [0, 0.05) is 11.3 Å². The Kier molecular flexibility index (Phi) is 5.90. The molecule has 0 spiro atoms. The maximum Gasteiger partial charge on any atom is 0.416 e. The van der Waals surface area contributed by atoms with Crippen molar-refractivity contribution >= 4 is 11.6 Å². The van der Waals surface area contributed by atoms with Crippen LogP contribution in [0.25, 0.3) is 0 Å². The minimum atomic E-state index is -4.47. The Morgan fingerprint density at radius 2 is 1.88 bits per heavy atom. The van der Waals surface area contributed by atoms with Crippen LogP contribution in [-0.2, 0) is 6.18 Å². The highest BCUT2D eigenvalue weighted by molar-refractivity contribution is 6.04. The topological polar surface area (TPSA) is 47.6 Å². The Labute approximate surface area is 143 Å². The Bertz CT molecular complexity index is 745. The summed E-state index contributed by atoms with van der Waals surface area (Å²) >= 11 is 0. The minimum Gasteiger partial charge on any atom is -0.493 e. The molecule has 0 aliphatic carbocycles. The van der Waals surface area contributed by atoms with Gasteiger partial charge in [-0.2, -0.15) is 13.2 Å². The molecule has 0 saturated heterocycles. The number of halogens is 3. The van der Waals surface area contributed by atoms with Gasteiger partial charge in [-0.05, 0) is 42.8 Å². The summed E-state index contributed by atoms with van der Waals surface area (Å²) in [5.74, 6) is 0.338. The molecule has 0 aliphatic rings. The smallest absolute Gasteiger partial charge is 0.416 e. The van der Waals surface area contributed by atoms with Gasteiger partial charge < -0.3 is 14.8 Å². The molecule has 1 N–H and O–H groups in total. The van der Waals surface area contributed by atoms with E-state index in [4.69, 9.17) is 9.47 Å². The molecule has 2 rings (SSSR count). The third kappa shape index (κ3) is 4.89. The monoisotopic (exact) mass is 353 g/mol. The van der Waals surface area contributed by atoms with E-state index < -0.39 is 17.6 Å². The highest BCUT2D eigenvalue weighted by Gasteiger charge is 2.30. The first-order chi connectivity index (χ1) is 11.8. The number of carbonyl (C=O) groups excluding carboxylic acids is 1. The van der Waals surface area contributed by atoms with Crippen molar-refractivity contribution in [2.75, 3.05) is 19.0 Å². The van der Waals surface area contributed by atoms with Gasteiger partial charge in [0.05, 0.1) is 19.3 Å². The van der Waals surface area contributed by atoms with Gasteiger partial charge in [-0.3, -0.25) is 4.79 Å². The fraction of sp³-hybridized carbons (Fsp3) is 0.278. The van der Waals surface area contributed by atoms with E-state index in [1.54, 1.807) is 6.07 Å². The number of rotatable bonds is 6. The Balaban J connectivity index is 2.18. The Morgan fingerprint density at radius 3 is 2.52 bits per heavy atom. The van der Waals surface area contributed by atoms with Crippen molar-refractivity contribution in [3.63, 3.8) is 0 Å². The molecule has 0 heterocycles. The first kappa shape index (κ1) is 18.6. The van der Waals surface area contributed by atoms with Gasteiger partial charge in [0.25, 0.3) is 5.91 Å². The summed E-state index contributed by atoms with van der Waals surface area (Å²) in [6, 6.07) is 9.05. The summed E-state index contributed by atoms with van der Waals surface area (Å²) in [5, 5.41) is 2.45. The van der Waals surface area contributed by atoms with Crippen molar-refractivity contribution in [2.24, 2.45) is 0 Å². The van der Waals surface area contributed by atoms with Crippen LogP contribution in [0, 0.1) is 0 Å². The van der Waals surface area contributed by atoms with E-state index in [1.807, 2.05) is 6.92 Å². The van der Waals surface area contributed by atoms with Gasteiger partial charge in [-0.15, -0.1) is 0 Å². The molecule has 25 heavy (non-hydrogen) atoms. The first-order valence-corrected chi connectivity index (χ1v) is 7.64. The zero-order valence-corrected chi connectivity index (χ0v) is 13.8. The van der Waals surface area contributed by atoms with E-state index in [2.05, 4.69) is 5.32 Å². The van der Waals surface area contributed by atoms with Gasteiger partial charge in [-0.1, -0.05) is 13.0 Å². The Morgan fingerprint density at radius 1 is 1.12 bits per heavy atom. The molecule has 2 aromatic rings. The third-order valence-corrected chi connectivity index (χ3v) is 3.34. The number of nitrogens with one attached hydrogen (secondary N) is 1. The standard InChI is InChI=1S/C18H18F3NO3/c1-3-9-25-15-8-7-12(10-16(15)24-2)17(23)22-14-6-4-5-13(11-14)18(19,20)21/h4-8,10-11H,3,9H2,1-2H3,(H,22,23). The fourth-order valence-electron chi connectivity index (χ4n) is 2.12. The molecule has 1 amide bonds. The van der Waals surface area contributed by atoms with Crippen molar-refractivity contribution < 1.29 is 27.4 Å². The van der Waals surface area contributed by atoms with Gasteiger partial charge in [0.2, 0.25) is 0 Å². The summed E-state index contributed by atoms with van der Waals surface area (Å²) in [6.45, 7) is 2.47. The molecule has 0 atom stereocenters. The molecule has 0 saturated carbocycles. The average Bonchev–Trinajstić information content (AvgIpc) is 2.59. The lowest BCUT2D eigenvalue weighted by Gasteiger charge is -2.12. The summed E-state index contributed by atoms with van der Waals surface area (Å²) in [7, 11) is 1.45. The van der Waals surface area contributed by atoms with Gasteiger partial charge in [0.15, 0.2) is 11.5 Å². The highest BCUT2D eigenvalue weighted by Crippen LogP contribution is 2.31. The summed E-state index contributed by atoms with van der Waals surface area (Å²) in [4.78, 5) is 12.3. The quantitative estimate of drug-likeness (QED) is 0.815. The van der Waals surface area contributed by atoms with E-state index in [9.17, 15) is 18.0 Å². The highest BCUT2D eigenvalue weighted by atomic mass is 19.4. The SMILES string of the molecule is CCCOc1ccc(C(=O)Nc2cccc(C(F)(F)F)c2)cc1OC. The van der Waals surface area contributed by atoms with Crippen LogP contribution in [0.4, 0.5) is 18.9 Å². The molecule has 134 valence electrons. The zero-order valence-electron chi connectivity index (χ0n) is 13.8. The van der Waals surface area contributed by atoms with Gasteiger partial charge in [-0.25, -0.2) is 0 Å². The second kappa shape index (κ2) is 7.92. The molecule has 4 nitrogen and oxygen atoms in total. The van der Waals surface area contributed by atoms with Crippen molar-refractivity contribution in [1.82, 2.24) is 0 Å². The zero-order chi connectivity index (χ0) is 18.4. The number of hydrogen-bond acceptors (Lipinski definition) is 3. The maximum atomic E-state index is 12.7. The molecule has 0 radical (unpaired) electrons.